The van der Waals surface area contributed by atoms with E-state index in [-0.39, 0.29) is 11.8 Å². The molecule has 5 rings (SSSR count). The molecule has 8 nitrogen and oxygen atoms in total. The van der Waals surface area contributed by atoms with Crippen molar-refractivity contribution >= 4 is 16.8 Å². The molecule has 0 spiro atoms. The van der Waals surface area contributed by atoms with Gasteiger partial charge in [-0.05, 0) is 68.9 Å². The standard InChI is InChI=1S/C25H34N6O2/c1-16(2)23-21-15-17(3)5-6-22(21)31(27-23)25-26-24(33-28-25)19-7-11-30(12-8-19)20-9-13-29(14-10-20)18(4)32/h5-6,15-16,19-20H,7-14H2,1-4H3. The first-order chi connectivity index (χ1) is 15.9. The SMILES string of the molecule is CC(=O)N1CCC(N2CCC(c3nc(-n4nc(C(C)C)c5cc(C)ccc54)no3)CC2)CC1. The average Bonchev–Trinajstić information content (AvgIpc) is 3.44. The minimum atomic E-state index is 0.194. The van der Waals surface area contributed by atoms with Gasteiger partial charge < -0.3 is 14.3 Å². The highest BCUT2D eigenvalue weighted by Gasteiger charge is 2.31. The van der Waals surface area contributed by atoms with Crippen molar-refractivity contribution in [3.8, 4) is 5.95 Å². The summed E-state index contributed by atoms with van der Waals surface area (Å²) in [6, 6.07) is 6.96. The number of fused-ring (bicyclic) bond motifs is 1. The van der Waals surface area contributed by atoms with Crippen molar-refractivity contribution in [1.29, 1.82) is 0 Å². The molecule has 33 heavy (non-hydrogen) atoms. The normalized spacial score (nSPS) is 19.1. The van der Waals surface area contributed by atoms with E-state index in [4.69, 9.17) is 14.6 Å². The summed E-state index contributed by atoms with van der Waals surface area (Å²) in [5, 5.41) is 10.3. The molecule has 0 bridgehead atoms. The van der Waals surface area contributed by atoms with Crippen molar-refractivity contribution in [3.63, 3.8) is 0 Å². The molecule has 0 N–H and O–H groups in total. The van der Waals surface area contributed by atoms with Crippen LogP contribution in [-0.2, 0) is 4.79 Å². The molecule has 2 aromatic heterocycles. The highest BCUT2D eigenvalue weighted by molar-refractivity contribution is 5.84. The number of piperidine rings is 2. The molecule has 4 heterocycles. The lowest BCUT2D eigenvalue weighted by Gasteiger charge is -2.41. The Morgan fingerprint density at radius 2 is 1.82 bits per heavy atom. The maximum atomic E-state index is 11.6. The van der Waals surface area contributed by atoms with Gasteiger partial charge in [0.15, 0.2) is 0 Å². The first-order valence-electron chi connectivity index (χ1n) is 12.2. The number of hydrogen-bond donors (Lipinski definition) is 0. The first-order valence-corrected chi connectivity index (χ1v) is 12.2. The number of carbonyl (C=O) groups is 1. The van der Waals surface area contributed by atoms with Crippen LogP contribution in [0.1, 0.15) is 75.4 Å². The second-order valence-corrected chi connectivity index (χ2v) is 9.95. The molecule has 1 aromatic carbocycles. The molecule has 0 unspecified atom stereocenters. The molecule has 2 fully saturated rings. The molecule has 1 amide bonds. The molecular weight excluding hydrogens is 416 g/mol. The van der Waals surface area contributed by atoms with Crippen LogP contribution >= 0.6 is 0 Å². The predicted octanol–water partition coefficient (Wildman–Crippen LogP) is 4.03. The van der Waals surface area contributed by atoms with E-state index in [1.807, 2.05) is 9.58 Å². The van der Waals surface area contributed by atoms with E-state index in [0.29, 0.717) is 17.9 Å². The number of amides is 1. The Bertz CT molecular complexity index is 1130. The molecule has 2 saturated heterocycles. The van der Waals surface area contributed by atoms with Crippen LogP contribution in [0.15, 0.2) is 22.7 Å². The molecule has 8 heteroatoms. The lowest BCUT2D eigenvalue weighted by atomic mass is 9.93. The third-order valence-corrected chi connectivity index (χ3v) is 7.34. The fraction of sp³-hybridized carbons (Fsp3) is 0.600. The number of nitrogens with zero attached hydrogens (tertiary/aromatic N) is 6. The maximum absolute atomic E-state index is 11.6. The summed E-state index contributed by atoms with van der Waals surface area (Å²) in [5.41, 5.74) is 3.30. The summed E-state index contributed by atoms with van der Waals surface area (Å²) in [4.78, 5) is 20.9. The third kappa shape index (κ3) is 4.28. The number of benzene rings is 1. The van der Waals surface area contributed by atoms with Crippen LogP contribution in [0.5, 0.6) is 0 Å². The minimum absolute atomic E-state index is 0.194. The number of rotatable bonds is 4. The Morgan fingerprint density at radius 1 is 1.09 bits per heavy atom. The van der Waals surface area contributed by atoms with Crippen LogP contribution < -0.4 is 0 Å². The summed E-state index contributed by atoms with van der Waals surface area (Å²) >= 11 is 0. The van der Waals surface area contributed by atoms with Gasteiger partial charge in [0.25, 0.3) is 5.95 Å². The van der Waals surface area contributed by atoms with Crippen molar-refractivity contribution in [3.05, 3.63) is 35.3 Å². The van der Waals surface area contributed by atoms with E-state index in [9.17, 15) is 4.79 Å². The second kappa shape index (κ2) is 8.89. The van der Waals surface area contributed by atoms with Crippen LogP contribution in [-0.4, -0.2) is 67.8 Å². The Hall–Kier alpha value is -2.74. The van der Waals surface area contributed by atoms with Gasteiger partial charge in [-0.15, -0.1) is 0 Å². The van der Waals surface area contributed by atoms with Gasteiger partial charge in [0.05, 0.1) is 11.2 Å². The van der Waals surface area contributed by atoms with E-state index < -0.39 is 0 Å². The quantitative estimate of drug-likeness (QED) is 0.597. The fourth-order valence-electron chi connectivity index (χ4n) is 5.37. The van der Waals surface area contributed by atoms with Crippen molar-refractivity contribution in [2.24, 2.45) is 0 Å². The highest BCUT2D eigenvalue weighted by atomic mass is 16.5. The van der Waals surface area contributed by atoms with Crippen LogP contribution in [0.2, 0.25) is 0 Å². The van der Waals surface area contributed by atoms with Crippen LogP contribution in [0.25, 0.3) is 16.9 Å². The highest BCUT2D eigenvalue weighted by Crippen LogP contribution is 2.31. The number of carbonyl (C=O) groups excluding carboxylic acids is 1. The Labute approximate surface area is 194 Å². The van der Waals surface area contributed by atoms with E-state index in [1.54, 1.807) is 6.92 Å². The number of hydrogen-bond acceptors (Lipinski definition) is 6. The molecule has 176 valence electrons. The zero-order chi connectivity index (χ0) is 23.1. The van der Waals surface area contributed by atoms with Crippen molar-refractivity contribution in [2.75, 3.05) is 26.2 Å². The molecular formula is C25H34N6O2. The summed E-state index contributed by atoms with van der Waals surface area (Å²) in [6.45, 7) is 11.9. The molecule has 0 saturated carbocycles. The van der Waals surface area contributed by atoms with Gasteiger partial charge >= 0.3 is 0 Å². The van der Waals surface area contributed by atoms with Crippen LogP contribution in [0.3, 0.4) is 0 Å². The van der Waals surface area contributed by atoms with Gasteiger partial charge in [-0.1, -0.05) is 25.5 Å². The van der Waals surface area contributed by atoms with E-state index in [2.05, 4.69) is 49.0 Å². The van der Waals surface area contributed by atoms with Gasteiger partial charge in [-0.25, -0.2) is 0 Å². The van der Waals surface area contributed by atoms with Gasteiger partial charge in [0.1, 0.15) is 0 Å². The van der Waals surface area contributed by atoms with Gasteiger partial charge in [-0.2, -0.15) is 14.8 Å². The lowest BCUT2D eigenvalue weighted by molar-refractivity contribution is -0.130. The lowest BCUT2D eigenvalue weighted by Crippen LogP contribution is -2.48. The number of aromatic nitrogens is 4. The van der Waals surface area contributed by atoms with Crippen molar-refractivity contribution in [1.82, 2.24) is 29.7 Å². The fourth-order valence-corrected chi connectivity index (χ4v) is 5.37. The van der Waals surface area contributed by atoms with E-state index in [0.717, 1.165) is 74.3 Å². The number of likely N-dealkylation sites (tertiary alicyclic amines) is 2. The van der Waals surface area contributed by atoms with Crippen LogP contribution in [0, 0.1) is 6.92 Å². The van der Waals surface area contributed by atoms with Crippen molar-refractivity contribution in [2.45, 2.75) is 71.3 Å². The monoisotopic (exact) mass is 450 g/mol. The zero-order valence-electron chi connectivity index (χ0n) is 20.1. The summed E-state index contributed by atoms with van der Waals surface area (Å²) < 4.78 is 7.57. The summed E-state index contributed by atoms with van der Waals surface area (Å²) in [6.07, 6.45) is 4.17. The first kappa shape index (κ1) is 22.1. The van der Waals surface area contributed by atoms with Crippen molar-refractivity contribution < 1.29 is 9.32 Å². The Kier molecular flexibility index (Phi) is 5.95. The zero-order valence-corrected chi connectivity index (χ0v) is 20.1. The largest absolute Gasteiger partial charge is 0.343 e. The molecule has 2 aliphatic rings. The molecule has 0 radical (unpaired) electrons. The van der Waals surface area contributed by atoms with Gasteiger partial charge in [0, 0.05) is 37.4 Å². The molecule has 0 aliphatic carbocycles. The molecule has 0 atom stereocenters. The number of aryl methyl sites for hydroxylation is 1. The predicted molar refractivity (Wildman–Crippen MR) is 127 cm³/mol. The maximum Gasteiger partial charge on any atom is 0.291 e. The van der Waals surface area contributed by atoms with Gasteiger partial charge in [-0.3, -0.25) is 4.79 Å². The summed E-state index contributed by atoms with van der Waals surface area (Å²) in [5.74, 6) is 2.03. The summed E-state index contributed by atoms with van der Waals surface area (Å²) in [7, 11) is 0. The van der Waals surface area contributed by atoms with Gasteiger partial charge in [0.2, 0.25) is 11.8 Å². The van der Waals surface area contributed by atoms with E-state index in [1.165, 1.54) is 5.56 Å². The Balaban J connectivity index is 1.27. The molecule has 2 aliphatic heterocycles. The smallest absolute Gasteiger partial charge is 0.291 e. The average molecular weight is 451 g/mol. The Morgan fingerprint density at radius 3 is 2.48 bits per heavy atom. The molecule has 3 aromatic rings. The van der Waals surface area contributed by atoms with Crippen LogP contribution in [0.4, 0.5) is 0 Å². The minimum Gasteiger partial charge on any atom is -0.343 e. The third-order valence-electron chi connectivity index (χ3n) is 7.34. The van der Waals surface area contributed by atoms with E-state index >= 15 is 0 Å². The second-order valence-electron chi connectivity index (χ2n) is 9.95. The topological polar surface area (TPSA) is 80.3 Å².